The van der Waals surface area contributed by atoms with Crippen LogP contribution >= 0.6 is 0 Å². The van der Waals surface area contributed by atoms with Crippen LogP contribution in [-0.4, -0.2) is 17.0 Å². The van der Waals surface area contributed by atoms with Gasteiger partial charge in [0.15, 0.2) is 0 Å². The summed E-state index contributed by atoms with van der Waals surface area (Å²) >= 11 is 0. The summed E-state index contributed by atoms with van der Waals surface area (Å²) in [7, 11) is 1.82. The molecule has 1 N–H and O–H groups in total. The van der Waals surface area contributed by atoms with Crippen molar-refractivity contribution in [3.8, 4) is 11.6 Å². The number of nitrogens with zero attached hydrogens (tertiary/aromatic N) is 2. The average molecular weight is 243 g/mol. The summed E-state index contributed by atoms with van der Waals surface area (Å²) in [5.74, 6) is 2.85. The molecule has 2 aromatic rings. The average Bonchev–Trinajstić information content (AvgIpc) is 2.38. The zero-order chi connectivity index (χ0) is 13.0. The zero-order valence-corrected chi connectivity index (χ0v) is 10.9. The Labute approximate surface area is 107 Å². The molecule has 0 saturated carbocycles. The van der Waals surface area contributed by atoms with Gasteiger partial charge in [-0.3, -0.25) is 0 Å². The molecule has 0 aliphatic heterocycles. The molecule has 94 valence electrons. The van der Waals surface area contributed by atoms with Crippen LogP contribution in [0.1, 0.15) is 18.3 Å². The molecule has 0 spiro atoms. The summed E-state index contributed by atoms with van der Waals surface area (Å²) in [6.45, 7) is 3.95. The molecule has 4 heteroatoms. The Morgan fingerprint density at radius 3 is 2.72 bits per heavy atom. The number of aryl methyl sites for hydroxylation is 2. The van der Waals surface area contributed by atoms with E-state index >= 15 is 0 Å². The van der Waals surface area contributed by atoms with E-state index in [2.05, 4.69) is 28.3 Å². The third kappa shape index (κ3) is 2.77. The number of benzene rings is 1. The highest BCUT2D eigenvalue weighted by molar-refractivity contribution is 5.41. The first-order valence-electron chi connectivity index (χ1n) is 6.02. The second-order valence-electron chi connectivity index (χ2n) is 3.95. The monoisotopic (exact) mass is 243 g/mol. The largest absolute Gasteiger partial charge is 0.439 e. The lowest BCUT2D eigenvalue weighted by molar-refractivity contribution is 0.455. The molecule has 2 rings (SSSR count). The van der Waals surface area contributed by atoms with Gasteiger partial charge in [0.05, 0.1) is 0 Å². The number of rotatable bonds is 4. The number of nitrogens with one attached hydrogen (secondary N) is 1. The van der Waals surface area contributed by atoms with Crippen molar-refractivity contribution in [2.75, 3.05) is 12.4 Å². The van der Waals surface area contributed by atoms with E-state index in [9.17, 15) is 0 Å². The fourth-order valence-corrected chi connectivity index (χ4v) is 1.73. The summed E-state index contributed by atoms with van der Waals surface area (Å²) < 4.78 is 5.83. The third-order valence-corrected chi connectivity index (χ3v) is 2.64. The van der Waals surface area contributed by atoms with Gasteiger partial charge < -0.3 is 10.1 Å². The van der Waals surface area contributed by atoms with E-state index in [4.69, 9.17) is 4.74 Å². The summed E-state index contributed by atoms with van der Waals surface area (Å²) in [5, 5.41) is 2.99. The van der Waals surface area contributed by atoms with E-state index in [-0.39, 0.29) is 0 Å². The Kier molecular flexibility index (Phi) is 3.77. The second-order valence-corrected chi connectivity index (χ2v) is 3.95. The normalized spacial score (nSPS) is 10.2. The number of hydrogen-bond acceptors (Lipinski definition) is 4. The third-order valence-electron chi connectivity index (χ3n) is 2.64. The quantitative estimate of drug-likeness (QED) is 0.895. The molecule has 18 heavy (non-hydrogen) atoms. The van der Waals surface area contributed by atoms with Crippen LogP contribution in [-0.2, 0) is 6.42 Å². The van der Waals surface area contributed by atoms with Gasteiger partial charge in [-0.15, -0.1) is 0 Å². The molecule has 0 bridgehead atoms. The lowest BCUT2D eigenvalue weighted by atomic mass is 10.1. The molecule has 0 amide bonds. The van der Waals surface area contributed by atoms with E-state index in [0.717, 1.165) is 18.0 Å². The van der Waals surface area contributed by atoms with Gasteiger partial charge >= 0.3 is 0 Å². The van der Waals surface area contributed by atoms with Crippen LogP contribution in [0.2, 0.25) is 0 Å². The van der Waals surface area contributed by atoms with Crippen molar-refractivity contribution < 1.29 is 4.74 Å². The van der Waals surface area contributed by atoms with E-state index in [1.165, 1.54) is 5.56 Å². The van der Waals surface area contributed by atoms with Gasteiger partial charge in [-0.1, -0.05) is 25.1 Å². The van der Waals surface area contributed by atoms with Crippen LogP contribution in [0.4, 0.5) is 5.82 Å². The van der Waals surface area contributed by atoms with Gasteiger partial charge in [0.1, 0.15) is 17.4 Å². The number of hydrogen-bond donors (Lipinski definition) is 1. The van der Waals surface area contributed by atoms with Crippen molar-refractivity contribution in [2.24, 2.45) is 0 Å². The number of para-hydroxylation sites is 1. The first-order chi connectivity index (χ1) is 8.72. The first kappa shape index (κ1) is 12.4. The predicted molar refractivity (Wildman–Crippen MR) is 72.2 cm³/mol. The summed E-state index contributed by atoms with van der Waals surface area (Å²) in [6, 6.07) is 9.77. The van der Waals surface area contributed by atoms with Crippen molar-refractivity contribution in [3.05, 3.63) is 41.7 Å². The SMILES string of the molecule is CCc1ccccc1Oc1cc(NC)nc(C)n1. The fraction of sp³-hybridized carbons (Fsp3) is 0.286. The van der Waals surface area contributed by atoms with Crippen LogP contribution in [0.3, 0.4) is 0 Å². The lowest BCUT2D eigenvalue weighted by Gasteiger charge is -2.10. The lowest BCUT2D eigenvalue weighted by Crippen LogP contribution is -1.99. The highest BCUT2D eigenvalue weighted by atomic mass is 16.5. The molecule has 4 nitrogen and oxygen atoms in total. The molecular weight excluding hydrogens is 226 g/mol. The zero-order valence-electron chi connectivity index (χ0n) is 10.9. The molecule has 1 heterocycles. The molecule has 0 aliphatic rings. The van der Waals surface area contributed by atoms with Crippen molar-refractivity contribution in [1.29, 1.82) is 0 Å². The minimum atomic E-state index is 0.563. The fourth-order valence-electron chi connectivity index (χ4n) is 1.73. The van der Waals surface area contributed by atoms with E-state index in [0.29, 0.717) is 11.7 Å². The smallest absolute Gasteiger partial charge is 0.224 e. The maximum absolute atomic E-state index is 5.83. The van der Waals surface area contributed by atoms with E-state index in [1.54, 1.807) is 6.07 Å². The molecule has 0 saturated heterocycles. The highest BCUT2D eigenvalue weighted by Gasteiger charge is 2.06. The Hall–Kier alpha value is -2.10. The first-order valence-corrected chi connectivity index (χ1v) is 6.02. The Balaban J connectivity index is 2.30. The van der Waals surface area contributed by atoms with Crippen molar-refractivity contribution >= 4 is 5.82 Å². The summed E-state index contributed by atoms with van der Waals surface area (Å²) in [5.41, 5.74) is 1.17. The minimum absolute atomic E-state index is 0.563. The molecule has 0 fully saturated rings. The minimum Gasteiger partial charge on any atom is -0.439 e. The standard InChI is InChI=1S/C14H17N3O/c1-4-11-7-5-6-8-12(11)18-14-9-13(15-3)16-10(2)17-14/h5-9H,4H2,1-3H3,(H,15,16,17). The highest BCUT2D eigenvalue weighted by Crippen LogP contribution is 2.25. The Bertz CT molecular complexity index is 540. The molecule has 0 aliphatic carbocycles. The van der Waals surface area contributed by atoms with Gasteiger partial charge in [0.2, 0.25) is 5.88 Å². The summed E-state index contributed by atoms with van der Waals surface area (Å²) in [6.07, 6.45) is 0.930. The van der Waals surface area contributed by atoms with Crippen molar-refractivity contribution in [2.45, 2.75) is 20.3 Å². The van der Waals surface area contributed by atoms with Crippen LogP contribution < -0.4 is 10.1 Å². The molecule has 0 radical (unpaired) electrons. The molecule has 1 aromatic heterocycles. The van der Waals surface area contributed by atoms with Gasteiger partial charge in [0, 0.05) is 13.1 Å². The van der Waals surface area contributed by atoms with E-state index in [1.807, 2.05) is 32.2 Å². The topological polar surface area (TPSA) is 47.0 Å². The number of aromatic nitrogens is 2. The van der Waals surface area contributed by atoms with Crippen molar-refractivity contribution in [1.82, 2.24) is 9.97 Å². The number of ether oxygens (including phenoxy) is 1. The predicted octanol–water partition coefficient (Wildman–Crippen LogP) is 3.18. The molecule has 0 atom stereocenters. The molecule has 0 unspecified atom stereocenters. The maximum atomic E-state index is 5.83. The van der Waals surface area contributed by atoms with Crippen LogP contribution in [0.15, 0.2) is 30.3 Å². The summed E-state index contributed by atoms with van der Waals surface area (Å²) in [4.78, 5) is 8.51. The van der Waals surface area contributed by atoms with E-state index < -0.39 is 0 Å². The van der Waals surface area contributed by atoms with Crippen LogP contribution in [0, 0.1) is 6.92 Å². The van der Waals surface area contributed by atoms with Gasteiger partial charge in [0.25, 0.3) is 0 Å². The Morgan fingerprint density at radius 2 is 2.00 bits per heavy atom. The Morgan fingerprint density at radius 1 is 1.22 bits per heavy atom. The van der Waals surface area contributed by atoms with Gasteiger partial charge in [-0.2, -0.15) is 4.98 Å². The molecule has 1 aromatic carbocycles. The van der Waals surface area contributed by atoms with Gasteiger partial charge in [-0.25, -0.2) is 4.98 Å². The maximum Gasteiger partial charge on any atom is 0.224 e. The molecular formula is C14H17N3O. The van der Waals surface area contributed by atoms with Crippen molar-refractivity contribution in [3.63, 3.8) is 0 Å². The van der Waals surface area contributed by atoms with Crippen LogP contribution in [0.5, 0.6) is 11.6 Å². The second kappa shape index (κ2) is 5.49. The number of anilines is 1. The van der Waals surface area contributed by atoms with Gasteiger partial charge in [-0.05, 0) is 25.0 Å². The van der Waals surface area contributed by atoms with Crippen LogP contribution in [0.25, 0.3) is 0 Å².